The summed E-state index contributed by atoms with van der Waals surface area (Å²) in [6.45, 7) is 15.2. The molecular formula is C37H36N4. The summed E-state index contributed by atoms with van der Waals surface area (Å²) in [5.74, 6) is 0. The van der Waals surface area contributed by atoms with E-state index in [0.717, 1.165) is 18.7 Å². The van der Waals surface area contributed by atoms with Crippen molar-refractivity contribution >= 4 is 34.7 Å². The highest BCUT2D eigenvalue weighted by molar-refractivity contribution is 5.99. The summed E-state index contributed by atoms with van der Waals surface area (Å²) in [6.07, 6.45) is 8.83. The second kappa shape index (κ2) is 7.97. The molecule has 41 heavy (non-hydrogen) atoms. The number of rotatable bonds is 3. The Morgan fingerprint density at radius 3 is 1.68 bits per heavy atom. The van der Waals surface area contributed by atoms with Gasteiger partial charge in [-0.3, -0.25) is 9.98 Å². The minimum absolute atomic E-state index is 0.0829. The molecule has 0 saturated carbocycles. The summed E-state index contributed by atoms with van der Waals surface area (Å²) in [6, 6.07) is 23.1. The fraction of sp³-hybridized carbons (Fsp3) is 0.297. The number of aromatic nitrogens is 1. The number of dihydropyridines is 1. The Hall–Kier alpha value is -4.18. The van der Waals surface area contributed by atoms with Crippen LogP contribution in [0.2, 0.25) is 0 Å². The molecule has 0 aliphatic carbocycles. The number of hydrogen-bond acceptors (Lipinski definition) is 4. The van der Waals surface area contributed by atoms with Crippen LogP contribution in [0.25, 0.3) is 0 Å². The van der Waals surface area contributed by atoms with Crippen molar-refractivity contribution in [2.75, 3.05) is 16.3 Å². The van der Waals surface area contributed by atoms with Crippen LogP contribution in [0.3, 0.4) is 0 Å². The van der Waals surface area contributed by atoms with Gasteiger partial charge in [-0.15, -0.1) is 0 Å². The smallest absolute Gasteiger partial charge is 0.0641 e. The van der Waals surface area contributed by atoms with Gasteiger partial charge >= 0.3 is 0 Å². The third-order valence-electron chi connectivity index (χ3n) is 10.2. The van der Waals surface area contributed by atoms with Crippen molar-refractivity contribution in [2.45, 2.75) is 64.2 Å². The molecule has 8 rings (SSSR count). The third-order valence-corrected chi connectivity index (χ3v) is 10.2. The zero-order valence-electron chi connectivity index (χ0n) is 24.8. The lowest BCUT2D eigenvalue weighted by atomic mass is 9.61. The summed E-state index contributed by atoms with van der Waals surface area (Å²) in [7, 11) is 0. The van der Waals surface area contributed by atoms with Crippen molar-refractivity contribution in [3.05, 3.63) is 118 Å². The molecule has 0 N–H and O–H groups in total. The highest BCUT2D eigenvalue weighted by Crippen LogP contribution is 2.66. The molecule has 4 aliphatic rings. The Morgan fingerprint density at radius 2 is 1.20 bits per heavy atom. The van der Waals surface area contributed by atoms with Crippen LogP contribution in [0.1, 0.15) is 81.3 Å². The average molecular weight is 537 g/mol. The van der Waals surface area contributed by atoms with Crippen LogP contribution in [-0.4, -0.2) is 17.7 Å². The lowest BCUT2D eigenvalue weighted by Crippen LogP contribution is -2.43. The van der Waals surface area contributed by atoms with Crippen molar-refractivity contribution < 1.29 is 0 Å². The monoisotopic (exact) mass is 536 g/mol. The van der Waals surface area contributed by atoms with Crippen molar-refractivity contribution in [3.8, 4) is 0 Å². The van der Waals surface area contributed by atoms with E-state index in [1.54, 1.807) is 0 Å². The maximum absolute atomic E-state index is 4.51. The fourth-order valence-corrected chi connectivity index (χ4v) is 7.93. The van der Waals surface area contributed by atoms with Crippen molar-refractivity contribution in [1.82, 2.24) is 4.98 Å². The Morgan fingerprint density at radius 1 is 0.659 bits per heavy atom. The van der Waals surface area contributed by atoms with Crippen LogP contribution in [0.15, 0.2) is 89.8 Å². The highest BCUT2D eigenvalue weighted by atomic mass is 15.2. The molecule has 0 atom stereocenters. The number of benzene rings is 3. The molecule has 4 heteroatoms. The lowest BCUT2D eigenvalue weighted by molar-refractivity contribution is 0.566. The maximum Gasteiger partial charge on any atom is 0.0641 e. The lowest BCUT2D eigenvalue weighted by Gasteiger charge is -2.55. The summed E-state index contributed by atoms with van der Waals surface area (Å²) < 4.78 is 0. The van der Waals surface area contributed by atoms with Gasteiger partial charge in [-0.25, -0.2) is 0 Å². The van der Waals surface area contributed by atoms with E-state index in [2.05, 4.69) is 122 Å². The van der Waals surface area contributed by atoms with E-state index in [1.807, 2.05) is 24.7 Å². The SMILES string of the molecule is CC1(C)c2cccc3c2N2c4c1cccc4C(C)(C)c1cc(N(C4=CC=NCC4)c4cccnc4)cc(c12)C3(C)C. The molecule has 0 fully saturated rings. The van der Waals surface area contributed by atoms with Gasteiger partial charge < -0.3 is 9.80 Å². The molecule has 0 saturated heterocycles. The number of allylic oxidation sites excluding steroid dienone is 1. The molecule has 5 heterocycles. The quantitative estimate of drug-likeness (QED) is 0.262. The Kier molecular flexibility index (Phi) is 4.78. The first-order valence-corrected chi connectivity index (χ1v) is 14.8. The van der Waals surface area contributed by atoms with E-state index in [0.29, 0.717) is 0 Å². The van der Waals surface area contributed by atoms with Crippen LogP contribution in [-0.2, 0) is 16.2 Å². The minimum atomic E-state index is -0.180. The van der Waals surface area contributed by atoms with E-state index in [-0.39, 0.29) is 16.2 Å². The molecule has 4 aromatic rings. The van der Waals surface area contributed by atoms with E-state index in [9.17, 15) is 0 Å². The van der Waals surface area contributed by atoms with Gasteiger partial charge in [0.2, 0.25) is 0 Å². The normalized spacial score (nSPS) is 19.4. The highest BCUT2D eigenvalue weighted by Gasteiger charge is 2.51. The minimum Gasteiger partial charge on any atom is -0.313 e. The van der Waals surface area contributed by atoms with Crippen LogP contribution in [0.4, 0.5) is 28.4 Å². The topological polar surface area (TPSA) is 31.7 Å². The standard InChI is InChI=1S/C37H36N4/c1-35(2)26-11-7-13-28-32(26)41-33-27(35)12-8-14-29(33)37(5,6)31-21-25(20-30(34(31)41)36(28,3)4)40(23-15-18-38-19-16-23)24-10-9-17-39-22-24/h7-15,17-18,20-22H,16,19H2,1-6H3. The molecule has 0 unspecified atom stereocenters. The summed E-state index contributed by atoms with van der Waals surface area (Å²) in [4.78, 5) is 14.0. The number of hydrogen-bond donors (Lipinski definition) is 0. The second-order valence-corrected chi connectivity index (χ2v) is 13.5. The molecule has 0 radical (unpaired) electrons. The first kappa shape index (κ1) is 24.6. The average Bonchev–Trinajstić information content (AvgIpc) is 2.97. The van der Waals surface area contributed by atoms with E-state index >= 15 is 0 Å². The van der Waals surface area contributed by atoms with Crippen LogP contribution < -0.4 is 9.80 Å². The Balaban J connectivity index is 1.49. The number of para-hydroxylation sites is 2. The molecule has 4 nitrogen and oxygen atoms in total. The zero-order valence-corrected chi connectivity index (χ0v) is 24.8. The van der Waals surface area contributed by atoms with E-state index < -0.39 is 0 Å². The summed E-state index contributed by atoms with van der Waals surface area (Å²) in [5, 5.41) is 0. The van der Waals surface area contributed by atoms with Gasteiger partial charge in [0.05, 0.1) is 28.9 Å². The molecule has 0 spiro atoms. The van der Waals surface area contributed by atoms with Gasteiger partial charge in [-0.2, -0.15) is 0 Å². The molecule has 1 aromatic heterocycles. The first-order valence-electron chi connectivity index (χ1n) is 14.8. The zero-order chi connectivity index (χ0) is 28.3. The first-order chi connectivity index (χ1) is 19.6. The van der Waals surface area contributed by atoms with Crippen LogP contribution in [0, 0.1) is 0 Å². The molecule has 3 aromatic carbocycles. The summed E-state index contributed by atoms with van der Waals surface area (Å²) >= 11 is 0. The van der Waals surface area contributed by atoms with Crippen LogP contribution in [0.5, 0.6) is 0 Å². The molecule has 204 valence electrons. The number of anilines is 5. The van der Waals surface area contributed by atoms with Crippen molar-refractivity contribution in [3.63, 3.8) is 0 Å². The second-order valence-electron chi connectivity index (χ2n) is 13.5. The largest absolute Gasteiger partial charge is 0.313 e. The van der Waals surface area contributed by atoms with Crippen molar-refractivity contribution in [2.24, 2.45) is 4.99 Å². The summed E-state index contributed by atoms with van der Waals surface area (Å²) in [5.41, 5.74) is 15.6. The van der Waals surface area contributed by atoms with Crippen LogP contribution >= 0.6 is 0 Å². The van der Waals surface area contributed by atoms with Gasteiger partial charge in [0.1, 0.15) is 0 Å². The third kappa shape index (κ3) is 3.05. The number of nitrogens with zero attached hydrogens (tertiary/aromatic N) is 4. The van der Waals surface area contributed by atoms with E-state index in [1.165, 1.54) is 61.8 Å². The maximum atomic E-state index is 4.51. The van der Waals surface area contributed by atoms with Gasteiger partial charge in [0.25, 0.3) is 0 Å². The van der Waals surface area contributed by atoms with Gasteiger partial charge in [-0.1, -0.05) is 77.9 Å². The Bertz CT molecular complexity index is 1730. The van der Waals surface area contributed by atoms with Gasteiger partial charge in [0, 0.05) is 53.0 Å². The van der Waals surface area contributed by atoms with Gasteiger partial charge in [-0.05, 0) is 63.7 Å². The number of aliphatic imine (C=N–C) groups is 1. The molecule has 4 aliphatic heterocycles. The molecule has 0 bridgehead atoms. The predicted molar refractivity (Wildman–Crippen MR) is 170 cm³/mol. The number of pyridine rings is 1. The van der Waals surface area contributed by atoms with E-state index in [4.69, 9.17) is 0 Å². The molecular weight excluding hydrogens is 500 g/mol. The Labute approximate surface area is 243 Å². The molecule has 0 amide bonds. The van der Waals surface area contributed by atoms with Gasteiger partial charge in [0.15, 0.2) is 0 Å². The predicted octanol–water partition coefficient (Wildman–Crippen LogP) is 8.97. The van der Waals surface area contributed by atoms with Crippen molar-refractivity contribution in [1.29, 1.82) is 0 Å². The fourth-order valence-electron chi connectivity index (χ4n) is 7.93.